The lowest BCUT2D eigenvalue weighted by molar-refractivity contribution is 0.378. The highest BCUT2D eigenvalue weighted by Crippen LogP contribution is 2.30. The van der Waals surface area contributed by atoms with Crippen LogP contribution in [0.5, 0.6) is 0 Å². The number of halogens is 1. The number of rotatable bonds is 5. The van der Waals surface area contributed by atoms with Crippen molar-refractivity contribution in [2.75, 3.05) is 11.9 Å². The predicted octanol–water partition coefficient (Wildman–Crippen LogP) is 4.59. The molecule has 0 saturated carbocycles. The minimum absolute atomic E-state index is 0.151. The Balaban J connectivity index is 1.78. The topological polar surface area (TPSA) is 73.9 Å². The Kier molecular flexibility index (Phi) is 5.31. The molecule has 1 atom stereocenters. The molecule has 0 aliphatic carbocycles. The molecule has 0 aliphatic heterocycles. The lowest BCUT2D eigenvalue weighted by atomic mass is 9.95. The van der Waals surface area contributed by atoms with E-state index in [-0.39, 0.29) is 17.7 Å². The molecule has 3 N–H and O–H groups in total. The minimum atomic E-state index is -0.271. The second kappa shape index (κ2) is 7.82. The molecule has 0 amide bonds. The highest BCUT2D eigenvalue weighted by atomic mass is 19.1. The summed E-state index contributed by atoms with van der Waals surface area (Å²) in [5.74, 6) is 0.763. The molecule has 26 heavy (non-hydrogen) atoms. The van der Waals surface area contributed by atoms with Gasteiger partial charge in [0.15, 0.2) is 11.8 Å². The molecule has 0 fully saturated rings. The third kappa shape index (κ3) is 3.91. The molecule has 0 aliphatic rings. The van der Waals surface area contributed by atoms with Crippen LogP contribution in [0.2, 0.25) is 0 Å². The standard InChI is InChI=1S/C20H21FN4O/c1-3-23-20(22)24-19-12-18(26-25-19)13(2)15-9-10-16(17(21)11-15)14-7-5-4-6-8-14/h4-13H,3H2,1-2H3,(H3,22,23,24,25). The average Bonchev–Trinajstić information content (AvgIpc) is 3.10. The van der Waals surface area contributed by atoms with Gasteiger partial charge in [-0.25, -0.2) is 4.39 Å². The van der Waals surface area contributed by atoms with Gasteiger partial charge in [-0.15, -0.1) is 0 Å². The molecule has 1 aromatic heterocycles. The fourth-order valence-electron chi connectivity index (χ4n) is 2.72. The highest BCUT2D eigenvalue weighted by Gasteiger charge is 2.17. The number of nitrogens with one attached hydrogen (secondary N) is 3. The van der Waals surface area contributed by atoms with Crippen molar-refractivity contribution in [3.05, 3.63) is 71.7 Å². The van der Waals surface area contributed by atoms with Gasteiger partial charge in [0.25, 0.3) is 0 Å². The van der Waals surface area contributed by atoms with E-state index >= 15 is 0 Å². The number of nitrogens with zero attached hydrogens (tertiary/aromatic N) is 1. The first-order chi connectivity index (χ1) is 12.6. The van der Waals surface area contributed by atoms with Crippen molar-refractivity contribution in [3.63, 3.8) is 0 Å². The monoisotopic (exact) mass is 352 g/mol. The van der Waals surface area contributed by atoms with Gasteiger partial charge in [-0.1, -0.05) is 54.5 Å². The van der Waals surface area contributed by atoms with E-state index in [2.05, 4.69) is 15.8 Å². The normalized spacial score (nSPS) is 11.8. The van der Waals surface area contributed by atoms with Gasteiger partial charge in [0, 0.05) is 24.1 Å². The molecular formula is C20H21FN4O. The molecule has 1 unspecified atom stereocenters. The Bertz CT molecular complexity index is 892. The van der Waals surface area contributed by atoms with Crippen molar-refractivity contribution >= 4 is 11.8 Å². The summed E-state index contributed by atoms with van der Waals surface area (Å²) in [5.41, 5.74) is 2.21. The number of hydrogen-bond donors (Lipinski definition) is 3. The molecule has 134 valence electrons. The molecule has 5 nitrogen and oxygen atoms in total. The number of anilines is 1. The highest BCUT2D eigenvalue weighted by molar-refractivity contribution is 5.90. The largest absolute Gasteiger partial charge is 0.359 e. The Hall–Kier alpha value is -3.15. The van der Waals surface area contributed by atoms with Gasteiger partial charge >= 0.3 is 0 Å². The van der Waals surface area contributed by atoms with Gasteiger partial charge in [0.1, 0.15) is 11.6 Å². The first kappa shape index (κ1) is 17.7. The van der Waals surface area contributed by atoms with Crippen LogP contribution in [0, 0.1) is 11.2 Å². The average molecular weight is 352 g/mol. The van der Waals surface area contributed by atoms with E-state index in [4.69, 9.17) is 9.93 Å². The minimum Gasteiger partial charge on any atom is -0.359 e. The molecule has 0 radical (unpaired) electrons. The first-order valence-corrected chi connectivity index (χ1v) is 8.49. The molecule has 2 aromatic carbocycles. The molecule has 3 rings (SSSR count). The van der Waals surface area contributed by atoms with E-state index in [1.165, 1.54) is 6.07 Å². The zero-order valence-electron chi connectivity index (χ0n) is 14.7. The van der Waals surface area contributed by atoms with Gasteiger partial charge in [-0.3, -0.25) is 5.41 Å². The van der Waals surface area contributed by atoms with Crippen molar-refractivity contribution in [2.45, 2.75) is 19.8 Å². The van der Waals surface area contributed by atoms with E-state index < -0.39 is 0 Å². The number of hydrogen-bond acceptors (Lipinski definition) is 3. The maximum atomic E-state index is 14.6. The van der Waals surface area contributed by atoms with Crippen molar-refractivity contribution in [2.24, 2.45) is 0 Å². The molecular weight excluding hydrogens is 331 g/mol. The van der Waals surface area contributed by atoms with Crippen molar-refractivity contribution < 1.29 is 8.91 Å². The van der Waals surface area contributed by atoms with Gasteiger partial charge in [-0.05, 0) is 24.1 Å². The summed E-state index contributed by atoms with van der Waals surface area (Å²) < 4.78 is 19.9. The quantitative estimate of drug-likeness (QED) is 0.464. The van der Waals surface area contributed by atoms with Crippen LogP contribution in [0.15, 0.2) is 59.1 Å². The maximum absolute atomic E-state index is 14.6. The lowest BCUT2D eigenvalue weighted by Gasteiger charge is -2.10. The Morgan fingerprint density at radius 2 is 1.96 bits per heavy atom. The van der Waals surface area contributed by atoms with E-state index in [9.17, 15) is 4.39 Å². The third-order valence-electron chi connectivity index (χ3n) is 4.14. The number of aromatic nitrogens is 1. The van der Waals surface area contributed by atoms with Crippen LogP contribution < -0.4 is 10.6 Å². The van der Waals surface area contributed by atoms with E-state index in [1.54, 1.807) is 12.1 Å². The predicted molar refractivity (Wildman–Crippen MR) is 101 cm³/mol. The van der Waals surface area contributed by atoms with E-state index in [1.807, 2.05) is 50.2 Å². The molecule has 3 aromatic rings. The first-order valence-electron chi connectivity index (χ1n) is 8.49. The SMILES string of the molecule is CCNC(=N)Nc1cc(C(C)c2ccc(-c3ccccc3)c(F)c2)on1. The summed E-state index contributed by atoms with van der Waals surface area (Å²) in [7, 11) is 0. The summed E-state index contributed by atoms with van der Waals surface area (Å²) in [6.07, 6.45) is 0. The summed E-state index contributed by atoms with van der Waals surface area (Å²) in [6.45, 7) is 4.47. The van der Waals surface area contributed by atoms with Gasteiger partial charge in [0.2, 0.25) is 0 Å². The van der Waals surface area contributed by atoms with Crippen LogP contribution in [0.25, 0.3) is 11.1 Å². The van der Waals surface area contributed by atoms with Gasteiger partial charge in [0.05, 0.1) is 0 Å². The fraction of sp³-hybridized carbons (Fsp3) is 0.200. The number of guanidine groups is 1. The second-order valence-electron chi connectivity index (χ2n) is 5.97. The summed E-state index contributed by atoms with van der Waals surface area (Å²) >= 11 is 0. The van der Waals surface area contributed by atoms with Crippen LogP contribution in [-0.4, -0.2) is 17.7 Å². The molecule has 0 spiro atoms. The van der Waals surface area contributed by atoms with E-state index in [0.29, 0.717) is 23.7 Å². The summed E-state index contributed by atoms with van der Waals surface area (Å²) in [5, 5.41) is 17.2. The molecule has 0 saturated heterocycles. The van der Waals surface area contributed by atoms with Crippen molar-refractivity contribution in [1.29, 1.82) is 5.41 Å². The Morgan fingerprint density at radius 3 is 2.65 bits per heavy atom. The molecule has 0 bridgehead atoms. The molecule has 1 heterocycles. The van der Waals surface area contributed by atoms with Crippen LogP contribution in [0.4, 0.5) is 10.2 Å². The maximum Gasteiger partial charge on any atom is 0.194 e. The van der Waals surface area contributed by atoms with Crippen LogP contribution in [0.1, 0.15) is 31.1 Å². The van der Waals surface area contributed by atoms with Crippen LogP contribution in [0.3, 0.4) is 0 Å². The van der Waals surface area contributed by atoms with E-state index in [0.717, 1.165) is 11.1 Å². The number of benzene rings is 2. The Morgan fingerprint density at radius 1 is 1.19 bits per heavy atom. The van der Waals surface area contributed by atoms with Crippen LogP contribution >= 0.6 is 0 Å². The van der Waals surface area contributed by atoms with Crippen molar-refractivity contribution in [3.8, 4) is 11.1 Å². The van der Waals surface area contributed by atoms with Crippen LogP contribution in [-0.2, 0) is 0 Å². The van der Waals surface area contributed by atoms with Gasteiger partial charge < -0.3 is 15.2 Å². The smallest absolute Gasteiger partial charge is 0.194 e. The van der Waals surface area contributed by atoms with Crippen molar-refractivity contribution in [1.82, 2.24) is 10.5 Å². The summed E-state index contributed by atoms with van der Waals surface area (Å²) in [4.78, 5) is 0. The Labute approximate surface area is 151 Å². The molecule has 6 heteroatoms. The lowest BCUT2D eigenvalue weighted by Crippen LogP contribution is -2.29. The fourth-order valence-corrected chi connectivity index (χ4v) is 2.72. The zero-order chi connectivity index (χ0) is 18.5. The third-order valence-corrected chi connectivity index (χ3v) is 4.14. The zero-order valence-corrected chi connectivity index (χ0v) is 14.7. The van der Waals surface area contributed by atoms with Gasteiger partial charge in [-0.2, -0.15) is 0 Å². The second-order valence-corrected chi connectivity index (χ2v) is 5.97. The summed E-state index contributed by atoms with van der Waals surface area (Å²) in [6, 6.07) is 16.4.